The Morgan fingerprint density at radius 2 is 2.10 bits per heavy atom. The second-order valence-corrected chi connectivity index (χ2v) is 5.36. The van der Waals surface area contributed by atoms with Gasteiger partial charge in [0.2, 0.25) is 0 Å². The molecule has 1 aromatic heterocycles. The maximum Gasteiger partial charge on any atom is 0.296 e. The van der Waals surface area contributed by atoms with Crippen LogP contribution in [0.3, 0.4) is 0 Å². The van der Waals surface area contributed by atoms with Gasteiger partial charge in [0.15, 0.2) is 0 Å². The minimum atomic E-state index is -1.08. The Hall–Kier alpha value is -2.09. The Morgan fingerprint density at radius 3 is 2.75 bits per heavy atom. The van der Waals surface area contributed by atoms with Crippen LogP contribution in [0.2, 0.25) is 0 Å². The predicted molar refractivity (Wildman–Crippen MR) is 80.2 cm³/mol. The molecule has 1 amide bonds. The van der Waals surface area contributed by atoms with Crippen molar-refractivity contribution in [3.63, 3.8) is 0 Å². The van der Waals surface area contributed by atoms with Gasteiger partial charge >= 0.3 is 0 Å². The molecule has 1 aromatic carbocycles. The summed E-state index contributed by atoms with van der Waals surface area (Å²) in [5.74, 6) is 4.88. The van der Waals surface area contributed by atoms with E-state index in [0.717, 1.165) is 11.1 Å². The summed E-state index contributed by atoms with van der Waals surface area (Å²) in [4.78, 5) is 11.6. The lowest BCUT2D eigenvalue weighted by Crippen LogP contribution is -2.37. The Balaban J connectivity index is 1.92. The molecule has 2 N–H and O–H groups in total. The van der Waals surface area contributed by atoms with Crippen molar-refractivity contribution in [3.05, 3.63) is 58.3 Å². The van der Waals surface area contributed by atoms with Crippen molar-refractivity contribution in [2.24, 2.45) is 0 Å². The minimum Gasteiger partial charge on any atom is -0.384 e. The van der Waals surface area contributed by atoms with Crippen molar-refractivity contribution in [2.45, 2.75) is 12.5 Å². The van der Waals surface area contributed by atoms with Gasteiger partial charge in [-0.05, 0) is 41.4 Å². The molecule has 4 heteroatoms. The summed E-state index contributed by atoms with van der Waals surface area (Å²) in [6, 6.07) is 11.1. The van der Waals surface area contributed by atoms with Crippen LogP contribution in [0.1, 0.15) is 18.1 Å². The van der Waals surface area contributed by atoms with Gasteiger partial charge in [0.1, 0.15) is 5.60 Å². The molecule has 0 bridgehead atoms. The molecule has 1 atom stereocenters. The second-order valence-electron chi connectivity index (χ2n) is 4.58. The molecule has 102 valence electrons. The third-order valence-corrected chi connectivity index (χ3v) is 3.51. The van der Waals surface area contributed by atoms with Gasteiger partial charge in [0.25, 0.3) is 5.91 Å². The SMILES string of the molecule is CC(O)(CNC(=O)C#Cc1ccccc1)c1ccsc1. The Kier molecular flexibility index (Phi) is 4.57. The van der Waals surface area contributed by atoms with E-state index in [1.54, 1.807) is 6.92 Å². The molecule has 0 saturated carbocycles. The third-order valence-electron chi connectivity index (χ3n) is 2.83. The van der Waals surface area contributed by atoms with Gasteiger partial charge < -0.3 is 10.4 Å². The van der Waals surface area contributed by atoms with Crippen LogP contribution in [0.4, 0.5) is 0 Å². The number of benzene rings is 1. The van der Waals surface area contributed by atoms with E-state index in [4.69, 9.17) is 0 Å². The predicted octanol–water partition coefficient (Wildman–Crippen LogP) is 2.12. The smallest absolute Gasteiger partial charge is 0.296 e. The van der Waals surface area contributed by atoms with Crippen molar-refractivity contribution >= 4 is 17.2 Å². The zero-order chi connectivity index (χ0) is 14.4. The van der Waals surface area contributed by atoms with E-state index in [1.807, 2.05) is 47.2 Å². The van der Waals surface area contributed by atoms with Crippen LogP contribution in [0.25, 0.3) is 0 Å². The number of hydrogen-bond donors (Lipinski definition) is 2. The molecule has 0 radical (unpaired) electrons. The fourth-order valence-corrected chi connectivity index (χ4v) is 2.40. The fourth-order valence-electron chi connectivity index (χ4n) is 1.62. The maximum atomic E-state index is 11.6. The molecule has 0 saturated heterocycles. The van der Waals surface area contributed by atoms with Gasteiger partial charge in [-0.15, -0.1) is 0 Å². The van der Waals surface area contributed by atoms with Crippen molar-refractivity contribution in [1.29, 1.82) is 0 Å². The first kappa shape index (κ1) is 14.3. The highest BCUT2D eigenvalue weighted by atomic mass is 32.1. The molecular weight excluding hydrogens is 270 g/mol. The first-order valence-electron chi connectivity index (χ1n) is 6.18. The number of thiophene rings is 1. The van der Waals surface area contributed by atoms with Gasteiger partial charge in [-0.1, -0.05) is 24.1 Å². The zero-order valence-corrected chi connectivity index (χ0v) is 11.9. The highest BCUT2D eigenvalue weighted by Gasteiger charge is 2.23. The number of carbonyl (C=O) groups excluding carboxylic acids is 1. The lowest BCUT2D eigenvalue weighted by Gasteiger charge is -2.22. The van der Waals surface area contributed by atoms with E-state index in [-0.39, 0.29) is 6.54 Å². The Morgan fingerprint density at radius 1 is 1.35 bits per heavy atom. The van der Waals surface area contributed by atoms with Crippen LogP contribution in [0.15, 0.2) is 47.2 Å². The molecular formula is C16H15NO2S. The van der Waals surface area contributed by atoms with Crippen LogP contribution in [-0.2, 0) is 10.4 Å². The lowest BCUT2D eigenvalue weighted by atomic mass is 9.99. The number of amides is 1. The molecule has 1 heterocycles. The first-order chi connectivity index (χ1) is 9.58. The summed E-state index contributed by atoms with van der Waals surface area (Å²) >= 11 is 1.51. The number of aliphatic hydroxyl groups is 1. The number of rotatable bonds is 3. The molecule has 2 aromatic rings. The average molecular weight is 285 g/mol. The van der Waals surface area contributed by atoms with E-state index in [1.165, 1.54) is 11.3 Å². The number of nitrogens with one attached hydrogen (secondary N) is 1. The molecule has 0 aliphatic heterocycles. The quantitative estimate of drug-likeness (QED) is 0.849. The lowest BCUT2D eigenvalue weighted by molar-refractivity contribution is -0.116. The van der Waals surface area contributed by atoms with E-state index in [0.29, 0.717) is 0 Å². The van der Waals surface area contributed by atoms with E-state index >= 15 is 0 Å². The Bertz CT molecular complexity index is 621. The number of carbonyl (C=O) groups is 1. The van der Waals surface area contributed by atoms with Gasteiger partial charge in [0, 0.05) is 11.5 Å². The highest BCUT2D eigenvalue weighted by Crippen LogP contribution is 2.21. The molecule has 0 fully saturated rings. The standard InChI is InChI=1S/C16H15NO2S/c1-16(19,14-9-10-20-11-14)12-17-15(18)8-7-13-5-3-2-4-6-13/h2-6,9-11,19H,12H2,1H3,(H,17,18). The van der Waals surface area contributed by atoms with Crippen LogP contribution in [-0.4, -0.2) is 17.6 Å². The summed E-state index contributed by atoms with van der Waals surface area (Å²) in [5, 5.41) is 16.6. The number of hydrogen-bond acceptors (Lipinski definition) is 3. The third kappa shape index (κ3) is 3.95. The molecule has 3 nitrogen and oxygen atoms in total. The zero-order valence-electron chi connectivity index (χ0n) is 11.1. The van der Waals surface area contributed by atoms with Gasteiger partial charge in [-0.2, -0.15) is 11.3 Å². The van der Waals surface area contributed by atoms with Gasteiger partial charge in [-0.3, -0.25) is 4.79 Å². The van der Waals surface area contributed by atoms with Crippen LogP contribution >= 0.6 is 11.3 Å². The molecule has 0 aliphatic rings. The van der Waals surface area contributed by atoms with Crippen molar-refractivity contribution in [3.8, 4) is 11.8 Å². The average Bonchev–Trinajstić information content (AvgIpc) is 2.99. The molecule has 0 aliphatic carbocycles. The largest absolute Gasteiger partial charge is 0.384 e. The molecule has 20 heavy (non-hydrogen) atoms. The van der Waals surface area contributed by atoms with Crippen LogP contribution in [0.5, 0.6) is 0 Å². The van der Waals surface area contributed by atoms with E-state index < -0.39 is 11.5 Å². The normalized spacial score (nSPS) is 12.9. The van der Waals surface area contributed by atoms with Crippen LogP contribution < -0.4 is 5.32 Å². The maximum absolute atomic E-state index is 11.6. The van der Waals surface area contributed by atoms with Crippen LogP contribution in [0, 0.1) is 11.8 Å². The summed E-state index contributed by atoms with van der Waals surface area (Å²) in [5.41, 5.74) is 0.496. The monoisotopic (exact) mass is 285 g/mol. The molecule has 2 rings (SSSR count). The summed E-state index contributed by atoms with van der Waals surface area (Å²) in [6.07, 6.45) is 0. The van der Waals surface area contributed by atoms with Crippen molar-refractivity contribution in [2.75, 3.05) is 6.54 Å². The highest BCUT2D eigenvalue weighted by molar-refractivity contribution is 7.08. The van der Waals surface area contributed by atoms with E-state index in [2.05, 4.69) is 17.2 Å². The first-order valence-corrected chi connectivity index (χ1v) is 7.12. The fraction of sp³-hybridized carbons (Fsp3) is 0.188. The topological polar surface area (TPSA) is 49.3 Å². The Labute approximate surface area is 122 Å². The molecule has 1 unspecified atom stereocenters. The van der Waals surface area contributed by atoms with Crippen molar-refractivity contribution in [1.82, 2.24) is 5.32 Å². The molecule has 0 spiro atoms. The summed E-state index contributed by atoms with van der Waals surface area (Å²) in [6.45, 7) is 1.80. The summed E-state index contributed by atoms with van der Waals surface area (Å²) < 4.78 is 0. The second kappa shape index (κ2) is 6.38. The summed E-state index contributed by atoms with van der Waals surface area (Å²) in [7, 11) is 0. The van der Waals surface area contributed by atoms with E-state index in [9.17, 15) is 9.90 Å². The minimum absolute atomic E-state index is 0.131. The van der Waals surface area contributed by atoms with Crippen molar-refractivity contribution < 1.29 is 9.90 Å². The van der Waals surface area contributed by atoms with Gasteiger partial charge in [0.05, 0.1) is 6.54 Å². The van der Waals surface area contributed by atoms with Gasteiger partial charge in [-0.25, -0.2) is 0 Å².